The van der Waals surface area contributed by atoms with Crippen LogP contribution in [-0.2, 0) is 16.1 Å². The molecule has 1 saturated heterocycles. The summed E-state index contributed by atoms with van der Waals surface area (Å²) in [4.78, 5) is 21.4. The number of benzene rings is 1. The highest BCUT2D eigenvalue weighted by Crippen LogP contribution is 2.28. The average Bonchev–Trinajstić information content (AvgIpc) is 2.84. The van der Waals surface area contributed by atoms with Crippen molar-refractivity contribution in [1.29, 1.82) is 0 Å². The zero-order chi connectivity index (χ0) is 22.6. The molecule has 2 heterocycles. The van der Waals surface area contributed by atoms with Crippen LogP contribution in [0.5, 0.6) is 11.5 Å². The number of hydrogen-bond donors (Lipinski definition) is 0. The van der Waals surface area contributed by atoms with Crippen LogP contribution in [0.15, 0.2) is 48.8 Å². The van der Waals surface area contributed by atoms with Crippen molar-refractivity contribution in [3.05, 3.63) is 59.9 Å². The Labute approximate surface area is 190 Å². The van der Waals surface area contributed by atoms with Gasteiger partial charge in [-0.3, -0.25) is 14.7 Å². The molecule has 32 heavy (non-hydrogen) atoms. The summed E-state index contributed by atoms with van der Waals surface area (Å²) in [7, 11) is 1.61. The maximum absolute atomic E-state index is 13.1. The molecular weight excluding hydrogens is 406 g/mol. The second kappa shape index (κ2) is 12.8. The zero-order valence-electron chi connectivity index (χ0n) is 19.0. The predicted molar refractivity (Wildman–Crippen MR) is 125 cm³/mol. The van der Waals surface area contributed by atoms with Crippen LogP contribution in [-0.4, -0.2) is 73.8 Å². The number of carbonyl (C=O) groups excluding carboxylic acids is 1. The number of aromatic nitrogens is 1. The molecule has 0 radical (unpaired) electrons. The molecule has 7 nitrogen and oxygen atoms in total. The van der Waals surface area contributed by atoms with Crippen LogP contribution in [0.2, 0.25) is 0 Å². The number of hydrogen-bond acceptors (Lipinski definition) is 6. The third-order valence-electron chi connectivity index (χ3n) is 5.35. The van der Waals surface area contributed by atoms with E-state index in [9.17, 15) is 4.79 Å². The molecule has 0 atom stereocenters. The van der Waals surface area contributed by atoms with Gasteiger partial charge in [-0.1, -0.05) is 6.07 Å². The normalized spacial score (nSPS) is 14.4. The molecule has 0 N–H and O–H groups in total. The highest BCUT2D eigenvalue weighted by Gasteiger charge is 2.14. The third kappa shape index (κ3) is 7.35. The Bertz CT molecular complexity index is 867. The van der Waals surface area contributed by atoms with Gasteiger partial charge in [-0.25, -0.2) is 0 Å². The van der Waals surface area contributed by atoms with Crippen molar-refractivity contribution in [3.8, 4) is 11.5 Å². The van der Waals surface area contributed by atoms with Crippen LogP contribution in [0.1, 0.15) is 24.5 Å². The molecular formula is C25H33N3O4. The summed E-state index contributed by atoms with van der Waals surface area (Å²) in [5.41, 5.74) is 1.95. The Balaban J connectivity index is 1.65. The minimum absolute atomic E-state index is 0.0170. The molecule has 1 aromatic heterocycles. The standard InChI is InChI=1S/C25H33N3O4/c1-3-32-23-7-5-21(19-24(23)30-2)6-8-25(29)28(20-22-9-11-26-12-10-22)14-4-13-27-15-17-31-18-16-27/h5-12,19H,3-4,13-18,20H2,1-2H3/b8-6+. The molecule has 1 amide bonds. The van der Waals surface area contributed by atoms with E-state index in [0.717, 1.165) is 50.4 Å². The molecule has 172 valence electrons. The smallest absolute Gasteiger partial charge is 0.246 e. The van der Waals surface area contributed by atoms with Crippen LogP contribution < -0.4 is 9.47 Å². The maximum atomic E-state index is 13.1. The van der Waals surface area contributed by atoms with Crippen LogP contribution in [0, 0.1) is 0 Å². The summed E-state index contributed by atoms with van der Waals surface area (Å²) >= 11 is 0. The van der Waals surface area contributed by atoms with Crippen molar-refractivity contribution in [2.24, 2.45) is 0 Å². The van der Waals surface area contributed by atoms with Crippen molar-refractivity contribution < 1.29 is 19.0 Å². The minimum Gasteiger partial charge on any atom is -0.493 e. The Hall–Kier alpha value is -2.90. The van der Waals surface area contributed by atoms with Gasteiger partial charge < -0.3 is 19.1 Å². The second-order valence-electron chi connectivity index (χ2n) is 7.60. The number of morpholine rings is 1. The second-order valence-corrected chi connectivity index (χ2v) is 7.60. The first-order valence-electron chi connectivity index (χ1n) is 11.2. The van der Waals surface area contributed by atoms with E-state index < -0.39 is 0 Å². The average molecular weight is 440 g/mol. The molecule has 0 bridgehead atoms. The van der Waals surface area contributed by atoms with E-state index in [0.29, 0.717) is 31.2 Å². The number of amides is 1. The number of methoxy groups -OCH3 is 1. The van der Waals surface area contributed by atoms with Gasteiger partial charge in [0, 0.05) is 51.2 Å². The highest BCUT2D eigenvalue weighted by molar-refractivity contribution is 5.91. The Morgan fingerprint density at radius 1 is 1.19 bits per heavy atom. The predicted octanol–water partition coefficient (Wildman–Crippen LogP) is 3.25. The molecule has 1 fully saturated rings. The Kier molecular flexibility index (Phi) is 9.53. The summed E-state index contributed by atoms with van der Waals surface area (Å²) in [6, 6.07) is 9.56. The number of carbonyl (C=O) groups is 1. The van der Waals surface area contributed by atoms with Gasteiger partial charge in [-0.15, -0.1) is 0 Å². The SMILES string of the molecule is CCOc1ccc(/C=C/C(=O)N(CCCN2CCOCC2)Cc2ccncc2)cc1OC. The van der Waals surface area contributed by atoms with Gasteiger partial charge in [-0.05, 0) is 54.8 Å². The number of pyridine rings is 1. The van der Waals surface area contributed by atoms with Gasteiger partial charge in [0.25, 0.3) is 0 Å². The summed E-state index contributed by atoms with van der Waals surface area (Å²) in [6.07, 6.45) is 7.89. The minimum atomic E-state index is -0.0170. The lowest BCUT2D eigenvalue weighted by atomic mass is 10.1. The first-order chi connectivity index (χ1) is 15.7. The molecule has 0 saturated carbocycles. The molecule has 2 aromatic rings. The lowest BCUT2D eigenvalue weighted by molar-refractivity contribution is -0.126. The van der Waals surface area contributed by atoms with Crippen LogP contribution in [0.4, 0.5) is 0 Å². The summed E-state index contributed by atoms with van der Waals surface area (Å²) in [5.74, 6) is 1.33. The van der Waals surface area contributed by atoms with Crippen molar-refractivity contribution in [1.82, 2.24) is 14.8 Å². The van der Waals surface area contributed by atoms with Crippen molar-refractivity contribution in [2.45, 2.75) is 19.9 Å². The first kappa shape index (κ1) is 23.8. The van der Waals surface area contributed by atoms with Crippen LogP contribution >= 0.6 is 0 Å². The van der Waals surface area contributed by atoms with E-state index in [-0.39, 0.29) is 5.91 Å². The highest BCUT2D eigenvalue weighted by atomic mass is 16.5. The van der Waals surface area contributed by atoms with Crippen molar-refractivity contribution in [3.63, 3.8) is 0 Å². The van der Waals surface area contributed by atoms with Gasteiger partial charge in [0.05, 0.1) is 26.9 Å². The lowest BCUT2D eigenvalue weighted by Crippen LogP contribution is -2.38. The lowest BCUT2D eigenvalue weighted by Gasteiger charge is -2.28. The summed E-state index contributed by atoms with van der Waals surface area (Å²) in [5, 5.41) is 0. The molecule has 1 aliphatic rings. The van der Waals surface area contributed by atoms with Crippen molar-refractivity contribution in [2.75, 3.05) is 53.1 Å². The quantitative estimate of drug-likeness (QED) is 0.501. The Morgan fingerprint density at radius 3 is 2.69 bits per heavy atom. The fourth-order valence-corrected chi connectivity index (χ4v) is 3.62. The van der Waals surface area contributed by atoms with E-state index >= 15 is 0 Å². The maximum Gasteiger partial charge on any atom is 0.246 e. The number of nitrogens with zero attached hydrogens (tertiary/aromatic N) is 3. The topological polar surface area (TPSA) is 64.1 Å². The third-order valence-corrected chi connectivity index (χ3v) is 5.35. The van der Waals surface area contributed by atoms with E-state index in [1.165, 1.54) is 0 Å². The molecule has 0 unspecified atom stereocenters. The van der Waals surface area contributed by atoms with E-state index in [2.05, 4.69) is 9.88 Å². The number of ether oxygens (including phenoxy) is 3. The molecule has 0 spiro atoms. The van der Waals surface area contributed by atoms with E-state index in [4.69, 9.17) is 14.2 Å². The molecule has 7 heteroatoms. The first-order valence-corrected chi connectivity index (χ1v) is 11.2. The van der Waals surface area contributed by atoms with Gasteiger partial charge in [0.2, 0.25) is 5.91 Å². The van der Waals surface area contributed by atoms with Gasteiger partial charge in [0.15, 0.2) is 11.5 Å². The van der Waals surface area contributed by atoms with Crippen LogP contribution in [0.3, 0.4) is 0 Å². The van der Waals surface area contributed by atoms with E-state index in [1.54, 1.807) is 25.6 Å². The van der Waals surface area contributed by atoms with Gasteiger partial charge in [0.1, 0.15) is 0 Å². The van der Waals surface area contributed by atoms with Crippen molar-refractivity contribution >= 4 is 12.0 Å². The fourth-order valence-electron chi connectivity index (χ4n) is 3.62. The molecule has 1 aliphatic heterocycles. The number of rotatable bonds is 11. The molecule has 0 aliphatic carbocycles. The molecule has 1 aromatic carbocycles. The summed E-state index contributed by atoms with van der Waals surface area (Å²) in [6.45, 7) is 8.19. The largest absolute Gasteiger partial charge is 0.493 e. The molecule has 3 rings (SSSR count). The summed E-state index contributed by atoms with van der Waals surface area (Å²) < 4.78 is 16.4. The van der Waals surface area contributed by atoms with Gasteiger partial charge in [-0.2, -0.15) is 0 Å². The van der Waals surface area contributed by atoms with Gasteiger partial charge >= 0.3 is 0 Å². The Morgan fingerprint density at radius 2 is 1.97 bits per heavy atom. The van der Waals surface area contributed by atoms with E-state index in [1.807, 2.05) is 48.2 Å². The fraction of sp³-hybridized carbons (Fsp3) is 0.440. The monoisotopic (exact) mass is 439 g/mol. The zero-order valence-corrected chi connectivity index (χ0v) is 19.0. The van der Waals surface area contributed by atoms with Crippen LogP contribution in [0.25, 0.3) is 6.08 Å².